The molecule has 1 aromatic carbocycles. The third-order valence-corrected chi connectivity index (χ3v) is 4.64. The molecule has 6 nitrogen and oxygen atoms in total. The van der Waals surface area contributed by atoms with E-state index in [1.54, 1.807) is 6.33 Å². The number of Topliss-reactive ketones (excluding diaryl/α,β-unsaturated/α-hetero) is 1. The second kappa shape index (κ2) is 10.2. The molecule has 0 unspecified atom stereocenters. The van der Waals surface area contributed by atoms with Gasteiger partial charge in [0.25, 0.3) is 0 Å². The lowest BCUT2D eigenvalue weighted by Crippen LogP contribution is -2.25. The number of nitrogens with zero attached hydrogens (tertiary/aromatic N) is 4. The lowest BCUT2D eigenvalue weighted by molar-refractivity contribution is -0.120. The third-order valence-electron chi connectivity index (χ3n) is 4.64. The summed E-state index contributed by atoms with van der Waals surface area (Å²) in [5.74, 6) is 0.0237. The van der Waals surface area contributed by atoms with Crippen molar-refractivity contribution >= 4 is 23.2 Å². The van der Waals surface area contributed by atoms with Crippen LogP contribution in [-0.2, 0) is 4.79 Å². The third kappa shape index (κ3) is 6.30. The summed E-state index contributed by atoms with van der Waals surface area (Å²) in [6.07, 6.45) is 5.97. The molecule has 0 fully saturated rings. The van der Waals surface area contributed by atoms with Crippen LogP contribution in [0.25, 0.3) is 11.8 Å². The first-order valence-corrected chi connectivity index (χ1v) is 10.0. The largest absolute Gasteiger partial charge is 0.385 e. The van der Waals surface area contributed by atoms with Crippen LogP contribution in [0.3, 0.4) is 0 Å². The number of carbonyl (C=O) groups is 1. The number of benzene rings is 1. The molecule has 0 amide bonds. The molecular formula is C22H33N5O. The highest BCUT2D eigenvalue weighted by atomic mass is 16.1. The van der Waals surface area contributed by atoms with Crippen molar-refractivity contribution < 1.29 is 4.79 Å². The van der Waals surface area contributed by atoms with E-state index in [-0.39, 0.29) is 5.78 Å². The first-order valence-electron chi connectivity index (χ1n) is 10.0. The minimum atomic E-state index is -0.502. The molecule has 6 heteroatoms. The number of rotatable bonds is 10. The van der Waals surface area contributed by atoms with Crippen LogP contribution in [0.15, 0.2) is 36.9 Å². The number of ketones is 1. The summed E-state index contributed by atoms with van der Waals surface area (Å²) in [5, 5.41) is 7.64. The number of hydrogen-bond acceptors (Lipinski definition) is 5. The SMILES string of the molecule is CCN(CC)CCCNc1cccc(/C=C(/C(=O)C(C)(C)C)n2cncn2)c1. The number of anilines is 1. The smallest absolute Gasteiger partial charge is 0.186 e. The molecule has 0 spiro atoms. The van der Waals surface area contributed by atoms with Gasteiger partial charge in [0.05, 0.1) is 0 Å². The van der Waals surface area contributed by atoms with Crippen molar-refractivity contribution in [2.75, 3.05) is 31.5 Å². The van der Waals surface area contributed by atoms with Crippen LogP contribution in [-0.4, -0.2) is 51.6 Å². The summed E-state index contributed by atoms with van der Waals surface area (Å²) in [5.41, 5.74) is 2.02. The van der Waals surface area contributed by atoms with Crippen LogP contribution in [0.2, 0.25) is 0 Å². The second-order valence-electron chi connectivity index (χ2n) is 7.88. The highest BCUT2D eigenvalue weighted by Gasteiger charge is 2.26. The van der Waals surface area contributed by atoms with Gasteiger partial charge in [-0.2, -0.15) is 5.10 Å². The molecule has 0 saturated heterocycles. The Bertz CT molecular complexity index is 770. The van der Waals surface area contributed by atoms with Gasteiger partial charge in [-0.15, -0.1) is 0 Å². The number of aromatic nitrogens is 3. The molecular weight excluding hydrogens is 350 g/mol. The zero-order valence-electron chi connectivity index (χ0n) is 17.8. The first kappa shape index (κ1) is 21.8. The normalized spacial score (nSPS) is 12.4. The highest BCUT2D eigenvalue weighted by molar-refractivity contribution is 6.21. The van der Waals surface area contributed by atoms with Gasteiger partial charge in [0.2, 0.25) is 0 Å². The Hall–Kier alpha value is -2.47. The van der Waals surface area contributed by atoms with E-state index in [4.69, 9.17) is 0 Å². The standard InChI is InChI=1S/C22H33N5O/c1-6-26(7-2)13-9-12-24-19-11-8-10-18(14-19)15-20(21(28)22(3,4)5)27-17-23-16-25-27/h8,10-11,14-17,24H,6-7,9,12-13H2,1-5H3/b20-15-. The molecule has 0 saturated carbocycles. The molecule has 1 heterocycles. The van der Waals surface area contributed by atoms with Crippen LogP contribution < -0.4 is 5.32 Å². The van der Waals surface area contributed by atoms with Crippen LogP contribution in [0, 0.1) is 5.41 Å². The molecule has 0 aliphatic heterocycles. The van der Waals surface area contributed by atoms with Gasteiger partial charge in [-0.3, -0.25) is 4.79 Å². The van der Waals surface area contributed by atoms with Crippen LogP contribution in [0.4, 0.5) is 5.69 Å². The summed E-state index contributed by atoms with van der Waals surface area (Å²) >= 11 is 0. The van der Waals surface area contributed by atoms with Crippen molar-refractivity contribution in [3.05, 3.63) is 42.5 Å². The number of allylic oxidation sites excluding steroid dienone is 1. The molecule has 1 aromatic heterocycles. The van der Waals surface area contributed by atoms with Crippen LogP contribution >= 0.6 is 0 Å². The van der Waals surface area contributed by atoms with E-state index >= 15 is 0 Å². The zero-order chi connectivity index (χ0) is 20.6. The molecule has 28 heavy (non-hydrogen) atoms. The Morgan fingerprint density at radius 3 is 2.61 bits per heavy atom. The molecule has 2 aromatic rings. The maximum atomic E-state index is 12.9. The van der Waals surface area contributed by atoms with E-state index < -0.39 is 5.41 Å². The summed E-state index contributed by atoms with van der Waals surface area (Å²) in [4.78, 5) is 19.3. The van der Waals surface area contributed by atoms with Gasteiger partial charge in [0, 0.05) is 17.6 Å². The van der Waals surface area contributed by atoms with Crippen molar-refractivity contribution in [3.8, 4) is 0 Å². The Labute approximate surface area is 168 Å². The summed E-state index contributed by atoms with van der Waals surface area (Å²) in [6, 6.07) is 8.10. The van der Waals surface area contributed by atoms with E-state index in [0.717, 1.165) is 43.9 Å². The van der Waals surface area contributed by atoms with Gasteiger partial charge in [-0.1, -0.05) is 46.8 Å². The van der Waals surface area contributed by atoms with Crippen molar-refractivity contribution in [3.63, 3.8) is 0 Å². The molecule has 0 atom stereocenters. The summed E-state index contributed by atoms with van der Waals surface area (Å²) in [7, 11) is 0. The minimum absolute atomic E-state index is 0.0237. The van der Waals surface area contributed by atoms with E-state index in [0.29, 0.717) is 5.70 Å². The molecule has 0 aliphatic rings. The van der Waals surface area contributed by atoms with Crippen LogP contribution in [0.5, 0.6) is 0 Å². The Morgan fingerprint density at radius 2 is 2.00 bits per heavy atom. The number of hydrogen-bond donors (Lipinski definition) is 1. The predicted molar refractivity (Wildman–Crippen MR) is 116 cm³/mol. The van der Waals surface area contributed by atoms with E-state index in [1.165, 1.54) is 11.0 Å². The topological polar surface area (TPSA) is 63.1 Å². The predicted octanol–water partition coefficient (Wildman–Crippen LogP) is 4.04. The van der Waals surface area contributed by atoms with Gasteiger partial charge < -0.3 is 10.2 Å². The first-order chi connectivity index (χ1) is 13.3. The van der Waals surface area contributed by atoms with Crippen LogP contribution in [0.1, 0.15) is 46.6 Å². The molecule has 0 bridgehead atoms. The lowest BCUT2D eigenvalue weighted by Gasteiger charge is -2.19. The van der Waals surface area contributed by atoms with E-state index in [2.05, 4.69) is 46.3 Å². The second-order valence-corrected chi connectivity index (χ2v) is 7.88. The van der Waals surface area contributed by atoms with Crippen molar-refractivity contribution in [1.82, 2.24) is 19.7 Å². The highest BCUT2D eigenvalue weighted by Crippen LogP contribution is 2.24. The Balaban J connectivity index is 2.13. The molecule has 0 aliphatic carbocycles. The fourth-order valence-corrected chi connectivity index (χ4v) is 2.92. The fraction of sp³-hybridized carbons (Fsp3) is 0.500. The maximum Gasteiger partial charge on any atom is 0.186 e. The zero-order valence-corrected chi connectivity index (χ0v) is 17.8. The van der Waals surface area contributed by atoms with Gasteiger partial charge in [-0.05, 0) is 49.8 Å². The van der Waals surface area contributed by atoms with Crippen molar-refractivity contribution in [1.29, 1.82) is 0 Å². The molecule has 1 N–H and O–H groups in total. The molecule has 2 rings (SSSR count). The monoisotopic (exact) mass is 383 g/mol. The number of carbonyl (C=O) groups excluding carboxylic acids is 1. The van der Waals surface area contributed by atoms with E-state index in [1.807, 2.05) is 39.0 Å². The Morgan fingerprint density at radius 1 is 1.25 bits per heavy atom. The van der Waals surface area contributed by atoms with Gasteiger partial charge in [0.1, 0.15) is 18.4 Å². The van der Waals surface area contributed by atoms with E-state index in [9.17, 15) is 4.79 Å². The van der Waals surface area contributed by atoms with Gasteiger partial charge >= 0.3 is 0 Å². The maximum absolute atomic E-state index is 12.9. The number of nitrogens with one attached hydrogen (secondary N) is 1. The van der Waals surface area contributed by atoms with Crippen molar-refractivity contribution in [2.24, 2.45) is 5.41 Å². The Kier molecular flexibility index (Phi) is 7.93. The average molecular weight is 384 g/mol. The molecule has 152 valence electrons. The summed E-state index contributed by atoms with van der Waals surface area (Å²) < 4.78 is 1.54. The minimum Gasteiger partial charge on any atom is -0.385 e. The summed E-state index contributed by atoms with van der Waals surface area (Å²) in [6.45, 7) is 14.3. The van der Waals surface area contributed by atoms with Gasteiger partial charge in [0.15, 0.2) is 5.78 Å². The fourth-order valence-electron chi connectivity index (χ4n) is 2.92. The average Bonchev–Trinajstić information content (AvgIpc) is 3.20. The quantitative estimate of drug-likeness (QED) is 0.496. The molecule has 0 radical (unpaired) electrons. The van der Waals surface area contributed by atoms with Crippen molar-refractivity contribution in [2.45, 2.75) is 41.0 Å². The van der Waals surface area contributed by atoms with Gasteiger partial charge in [-0.25, -0.2) is 9.67 Å². The lowest BCUT2D eigenvalue weighted by atomic mass is 9.88.